The molecule has 1 aromatic rings. The van der Waals surface area contributed by atoms with E-state index < -0.39 is 0 Å². The summed E-state index contributed by atoms with van der Waals surface area (Å²) < 4.78 is 0. The van der Waals surface area contributed by atoms with Crippen molar-refractivity contribution in [2.45, 2.75) is 23.1 Å². The first-order valence-electron chi connectivity index (χ1n) is 4.01. The lowest BCUT2D eigenvalue weighted by Crippen LogP contribution is -1.95. The van der Waals surface area contributed by atoms with Gasteiger partial charge in [-0.05, 0) is 23.3 Å². The number of thiol groups is 1. The van der Waals surface area contributed by atoms with Gasteiger partial charge in [0.05, 0.1) is 0 Å². The van der Waals surface area contributed by atoms with Gasteiger partial charge >= 0.3 is 0 Å². The minimum absolute atomic E-state index is 0.0510. The number of hydrogen-bond donors (Lipinski definition) is 1. The van der Waals surface area contributed by atoms with Crippen molar-refractivity contribution < 1.29 is 4.79 Å². The fraction of sp³-hybridized carbons (Fsp3) is 0.300. The van der Waals surface area contributed by atoms with Gasteiger partial charge in [-0.25, -0.2) is 0 Å². The lowest BCUT2D eigenvalue weighted by Gasteiger charge is -2.07. The van der Waals surface area contributed by atoms with Gasteiger partial charge in [0.25, 0.3) is 0 Å². The highest BCUT2D eigenvalue weighted by Crippen LogP contribution is 2.21. The zero-order chi connectivity index (χ0) is 9.84. The van der Waals surface area contributed by atoms with E-state index in [1.807, 2.05) is 25.1 Å². The molecule has 0 amide bonds. The highest BCUT2D eigenvalue weighted by Gasteiger charge is 2.05. The Hall–Kier alpha value is -0.280. The number of rotatable bonds is 3. The molecule has 0 aromatic heterocycles. The van der Waals surface area contributed by atoms with E-state index in [0.29, 0.717) is 0 Å². The van der Waals surface area contributed by atoms with Crippen LogP contribution in [-0.2, 0) is 10.1 Å². The molecule has 1 nitrogen and oxygen atoms in total. The van der Waals surface area contributed by atoms with Crippen LogP contribution in [0.4, 0.5) is 0 Å². The van der Waals surface area contributed by atoms with Crippen LogP contribution >= 0.6 is 28.6 Å². The Morgan fingerprint density at radius 1 is 1.54 bits per heavy atom. The molecule has 0 spiro atoms. The first-order valence-corrected chi connectivity index (χ1v) is 5.58. The molecule has 0 fully saturated rings. The van der Waals surface area contributed by atoms with E-state index in [2.05, 4.69) is 28.6 Å². The van der Waals surface area contributed by atoms with Gasteiger partial charge in [-0.1, -0.05) is 28.9 Å². The van der Waals surface area contributed by atoms with Crippen LogP contribution in [0, 0.1) is 0 Å². The number of halogens is 1. The molecule has 0 aliphatic rings. The summed E-state index contributed by atoms with van der Waals surface area (Å²) in [7, 11) is 0. The van der Waals surface area contributed by atoms with Gasteiger partial charge in [0.2, 0.25) is 0 Å². The van der Waals surface area contributed by atoms with Gasteiger partial charge < -0.3 is 4.79 Å². The molecule has 1 atom stereocenters. The Balaban J connectivity index is 3.07. The SMILES string of the molecule is CC(C=O)c1cc(S)cc(CBr)c1. The van der Waals surface area contributed by atoms with Gasteiger partial charge in [-0.15, -0.1) is 12.6 Å². The molecule has 0 radical (unpaired) electrons. The van der Waals surface area contributed by atoms with Crippen LogP contribution < -0.4 is 0 Å². The maximum Gasteiger partial charge on any atom is 0.127 e. The third kappa shape index (κ3) is 2.85. The fourth-order valence-corrected chi connectivity index (χ4v) is 1.76. The maximum absolute atomic E-state index is 10.6. The number of alkyl halides is 1. The summed E-state index contributed by atoms with van der Waals surface area (Å²) in [6.45, 7) is 1.88. The summed E-state index contributed by atoms with van der Waals surface area (Å²) in [4.78, 5) is 11.5. The van der Waals surface area contributed by atoms with E-state index >= 15 is 0 Å². The van der Waals surface area contributed by atoms with Crippen molar-refractivity contribution in [3.05, 3.63) is 29.3 Å². The second kappa shape index (κ2) is 4.82. The number of carbonyl (C=O) groups is 1. The van der Waals surface area contributed by atoms with Crippen molar-refractivity contribution in [3.63, 3.8) is 0 Å². The highest BCUT2D eigenvalue weighted by molar-refractivity contribution is 9.08. The minimum atomic E-state index is -0.0510. The smallest absolute Gasteiger partial charge is 0.127 e. The van der Waals surface area contributed by atoms with Crippen LogP contribution in [0.25, 0.3) is 0 Å². The second-order valence-corrected chi connectivity index (χ2v) is 4.07. The molecule has 1 rings (SSSR count). The summed E-state index contributed by atoms with van der Waals surface area (Å²) in [5.41, 5.74) is 2.17. The summed E-state index contributed by atoms with van der Waals surface area (Å²) in [5, 5.41) is 0.792. The molecule has 0 saturated carbocycles. The third-order valence-electron chi connectivity index (χ3n) is 1.88. The van der Waals surface area contributed by atoms with Gasteiger partial charge in [0.1, 0.15) is 6.29 Å². The van der Waals surface area contributed by atoms with Crippen molar-refractivity contribution in [3.8, 4) is 0 Å². The minimum Gasteiger partial charge on any atom is -0.303 e. The van der Waals surface area contributed by atoms with E-state index in [9.17, 15) is 4.79 Å². The van der Waals surface area contributed by atoms with Crippen molar-refractivity contribution >= 4 is 34.8 Å². The molecule has 1 aromatic carbocycles. The van der Waals surface area contributed by atoms with Crippen LogP contribution in [0.2, 0.25) is 0 Å². The maximum atomic E-state index is 10.6. The quantitative estimate of drug-likeness (QED) is 0.501. The molecule has 0 N–H and O–H groups in total. The van der Waals surface area contributed by atoms with Crippen LogP contribution in [0.5, 0.6) is 0 Å². The predicted molar refractivity (Wildman–Crippen MR) is 60.8 cm³/mol. The number of hydrogen-bond acceptors (Lipinski definition) is 2. The van der Waals surface area contributed by atoms with E-state index in [0.717, 1.165) is 27.6 Å². The van der Waals surface area contributed by atoms with Gasteiger partial charge in [-0.2, -0.15) is 0 Å². The van der Waals surface area contributed by atoms with Crippen molar-refractivity contribution in [1.29, 1.82) is 0 Å². The second-order valence-electron chi connectivity index (χ2n) is 2.99. The van der Waals surface area contributed by atoms with E-state index in [1.54, 1.807) is 0 Å². The molecule has 0 saturated heterocycles. The van der Waals surface area contributed by atoms with Crippen molar-refractivity contribution in [2.24, 2.45) is 0 Å². The molecule has 13 heavy (non-hydrogen) atoms. The number of aldehydes is 1. The molecule has 70 valence electrons. The zero-order valence-corrected chi connectivity index (χ0v) is 9.81. The normalized spacial score (nSPS) is 12.5. The summed E-state index contributed by atoms with van der Waals surface area (Å²) >= 11 is 7.65. The monoisotopic (exact) mass is 258 g/mol. The Morgan fingerprint density at radius 2 is 2.23 bits per heavy atom. The molecule has 3 heteroatoms. The molecule has 1 unspecified atom stereocenters. The number of benzene rings is 1. The standard InChI is InChI=1S/C10H11BrOS/c1-7(6-12)9-2-8(5-11)3-10(13)4-9/h2-4,6-7,13H,5H2,1H3. The van der Waals surface area contributed by atoms with Crippen molar-refractivity contribution in [1.82, 2.24) is 0 Å². The van der Waals surface area contributed by atoms with E-state index in [-0.39, 0.29) is 5.92 Å². The zero-order valence-electron chi connectivity index (χ0n) is 7.33. The lowest BCUT2D eigenvalue weighted by atomic mass is 10.0. The molecular formula is C10H11BrOS. The summed E-state index contributed by atoms with van der Waals surface area (Å²) in [6.07, 6.45) is 0.945. The predicted octanol–water partition coefficient (Wildman–Crippen LogP) is 3.17. The Morgan fingerprint density at radius 3 is 2.77 bits per heavy atom. The molecule has 0 aliphatic carbocycles. The summed E-state index contributed by atoms with van der Waals surface area (Å²) in [6, 6.07) is 5.93. The summed E-state index contributed by atoms with van der Waals surface area (Å²) in [5.74, 6) is -0.0510. The average molecular weight is 259 g/mol. The largest absolute Gasteiger partial charge is 0.303 e. The third-order valence-corrected chi connectivity index (χ3v) is 2.79. The van der Waals surface area contributed by atoms with Gasteiger partial charge in [0, 0.05) is 16.1 Å². The van der Waals surface area contributed by atoms with Crippen LogP contribution in [-0.4, -0.2) is 6.29 Å². The Bertz CT molecular complexity index is 312. The van der Waals surface area contributed by atoms with Crippen molar-refractivity contribution in [2.75, 3.05) is 0 Å². The average Bonchev–Trinajstić information content (AvgIpc) is 2.15. The molecule has 0 aliphatic heterocycles. The topological polar surface area (TPSA) is 17.1 Å². The first kappa shape index (κ1) is 10.8. The Labute approximate surface area is 92.1 Å². The lowest BCUT2D eigenvalue weighted by molar-refractivity contribution is -0.108. The number of carbonyl (C=O) groups excluding carboxylic acids is 1. The van der Waals surface area contributed by atoms with Gasteiger partial charge in [-0.3, -0.25) is 0 Å². The van der Waals surface area contributed by atoms with Crippen LogP contribution in [0.3, 0.4) is 0 Å². The highest BCUT2D eigenvalue weighted by atomic mass is 79.9. The van der Waals surface area contributed by atoms with Gasteiger partial charge in [0.15, 0.2) is 0 Å². The van der Waals surface area contributed by atoms with Crippen LogP contribution in [0.1, 0.15) is 24.0 Å². The van der Waals surface area contributed by atoms with E-state index in [1.165, 1.54) is 0 Å². The molecule has 0 bridgehead atoms. The Kier molecular flexibility index (Phi) is 4.00. The van der Waals surface area contributed by atoms with E-state index in [4.69, 9.17) is 0 Å². The molecular weight excluding hydrogens is 248 g/mol. The van der Waals surface area contributed by atoms with Crippen LogP contribution in [0.15, 0.2) is 23.1 Å². The fourth-order valence-electron chi connectivity index (χ4n) is 1.12. The first-order chi connectivity index (χ1) is 6.17. The molecule has 0 heterocycles.